The second-order valence-corrected chi connectivity index (χ2v) is 13.4. The summed E-state index contributed by atoms with van der Waals surface area (Å²) in [6, 6.07) is 8.93. The quantitative estimate of drug-likeness (QED) is 0.278. The molecule has 2 aliphatic rings. The Hall–Kier alpha value is -2.05. The number of hydrogen-bond acceptors (Lipinski definition) is 4. The highest BCUT2D eigenvalue weighted by Gasteiger charge is 2.34. The van der Waals surface area contributed by atoms with Gasteiger partial charge in [0.2, 0.25) is 4.80 Å². The lowest BCUT2D eigenvalue weighted by Gasteiger charge is -2.30. The van der Waals surface area contributed by atoms with Crippen molar-refractivity contribution in [2.45, 2.75) is 79.7 Å². The zero-order valence-corrected chi connectivity index (χ0v) is 24.1. The Kier molecular flexibility index (Phi) is 7.54. The number of nitrogens with zero attached hydrogens (tertiary/aromatic N) is 3. The van der Waals surface area contributed by atoms with E-state index in [9.17, 15) is 4.79 Å². The standard InChI is InChI=1S/C29H36BrN3OS/c1-28(2,3)23-16-21(17-24(26(23)34)29(4,5)6)31-32-27-33(22-10-8-7-9-11-22)25(18-35-27)19-12-14-20(30)15-13-19/h12-18,22H,7-11H2,1-6H3/b32-27+. The maximum absolute atomic E-state index is 13.3. The number of thiazole rings is 1. The molecule has 2 aromatic rings. The molecule has 0 amide bonds. The van der Waals surface area contributed by atoms with E-state index in [1.54, 1.807) is 11.3 Å². The van der Waals surface area contributed by atoms with E-state index < -0.39 is 0 Å². The summed E-state index contributed by atoms with van der Waals surface area (Å²) in [5.74, 6) is 0.120. The van der Waals surface area contributed by atoms with Crippen LogP contribution in [-0.2, 0) is 4.79 Å². The first-order chi connectivity index (χ1) is 16.4. The normalized spacial score (nSPS) is 18.5. The maximum atomic E-state index is 13.3. The van der Waals surface area contributed by atoms with E-state index in [4.69, 9.17) is 10.2 Å². The summed E-state index contributed by atoms with van der Waals surface area (Å²) in [6.07, 6.45) is 9.99. The summed E-state index contributed by atoms with van der Waals surface area (Å²) in [7, 11) is 0. The monoisotopic (exact) mass is 553 g/mol. The minimum atomic E-state index is -0.262. The number of carbonyl (C=O) groups excluding carboxylic acids is 1. The van der Waals surface area contributed by atoms with Crippen molar-refractivity contribution in [3.8, 4) is 11.3 Å². The fraction of sp³-hybridized carbons (Fsp3) is 0.483. The van der Waals surface area contributed by atoms with Crippen molar-refractivity contribution < 1.29 is 4.79 Å². The summed E-state index contributed by atoms with van der Waals surface area (Å²) in [5, 5.41) is 11.7. The minimum Gasteiger partial charge on any atom is -0.312 e. The Labute approximate surface area is 221 Å². The summed E-state index contributed by atoms with van der Waals surface area (Å²) in [6.45, 7) is 12.5. The first-order valence-electron chi connectivity index (χ1n) is 12.5. The average molecular weight is 555 g/mol. The minimum absolute atomic E-state index is 0.120. The SMILES string of the molecule is CC(C)(C)C1=CC(=N/N=c2/scc(-c3ccc(Br)cc3)n2C2CCCCC2)C=C(C(C)(C)C)C1=O. The van der Waals surface area contributed by atoms with E-state index in [0.29, 0.717) is 6.04 Å². The number of allylic oxidation sites excluding steroid dienone is 4. The van der Waals surface area contributed by atoms with Crippen LogP contribution in [0.25, 0.3) is 11.3 Å². The number of halogens is 1. The van der Waals surface area contributed by atoms with Crippen molar-refractivity contribution in [1.29, 1.82) is 0 Å². The van der Waals surface area contributed by atoms with Gasteiger partial charge in [-0.2, -0.15) is 0 Å². The molecular formula is C29H36BrN3OS. The van der Waals surface area contributed by atoms with Crippen molar-refractivity contribution >= 4 is 38.8 Å². The molecule has 0 saturated heterocycles. The molecule has 0 aliphatic heterocycles. The number of aromatic nitrogens is 1. The molecule has 0 atom stereocenters. The molecule has 0 N–H and O–H groups in total. The van der Waals surface area contributed by atoms with Gasteiger partial charge in [0, 0.05) is 27.0 Å². The molecule has 35 heavy (non-hydrogen) atoms. The highest BCUT2D eigenvalue weighted by Crippen LogP contribution is 2.37. The number of carbonyl (C=O) groups is 1. The van der Waals surface area contributed by atoms with Gasteiger partial charge in [-0.25, -0.2) is 0 Å². The molecular weight excluding hydrogens is 518 g/mol. The Morgan fingerprint density at radius 1 is 0.886 bits per heavy atom. The Bertz CT molecular complexity index is 1220. The number of ketones is 1. The van der Waals surface area contributed by atoms with Crippen LogP contribution in [0, 0.1) is 10.8 Å². The van der Waals surface area contributed by atoms with E-state index in [2.05, 4.69) is 91.7 Å². The summed E-state index contributed by atoms with van der Waals surface area (Å²) in [4.78, 5) is 14.2. The van der Waals surface area contributed by atoms with E-state index in [0.717, 1.165) is 26.1 Å². The van der Waals surface area contributed by atoms with E-state index in [1.165, 1.54) is 43.4 Å². The number of rotatable bonds is 3. The molecule has 0 bridgehead atoms. The van der Waals surface area contributed by atoms with Crippen LogP contribution in [-0.4, -0.2) is 16.1 Å². The first kappa shape index (κ1) is 26.0. The highest BCUT2D eigenvalue weighted by atomic mass is 79.9. The fourth-order valence-corrected chi connectivity index (χ4v) is 5.98. The lowest BCUT2D eigenvalue weighted by Crippen LogP contribution is -2.29. The third-order valence-corrected chi connectivity index (χ3v) is 8.12. The van der Waals surface area contributed by atoms with Crippen molar-refractivity contribution in [2.24, 2.45) is 21.0 Å². The van der Waals surface area contributed by atoms with Crippen LogP contribution in [0.4, 0.5) is 0 Å². The Morgan fingerprint density at radius 3 is 2.00 bits per heavy atom. The van der Waals surface area contributed by atoms with E-state index in [1.807, 2.05) is 12.2 Å². The molecule has 1 saturated carbocycles. The van der Waals surface area contributed by atoms with E-state index >= 15 is 0 Å². The van der Waals surface area contributed by atoms with Gasteiger partial charge in [0.05, 0.1) is 11.4 Å². The topological polar surface area (TPSA) is 46.7 Å². The average Bonchev–Trinajstić information content (AvgIpc) is 3.22. The smallest absolute Gasteiger partial charge is 0.211 e. The molecule has 0 spiro atoms. The number of benzene rings is 1. The summed E-state index contributed by atoms with van der Waals surface area (Å²) in [5.41, 5.74) is 4.20. The van der Waals surface area contributed by atoms with Gasteiger partial charge >= 0.3 is 0 Å². The van der Waals surface area contributed by atoms with Gasteiger partial charge in [-0.1, -0.05) is 88.9 Å². The molecule has 6 heteroatoms. The van der Waals surface area contributed by atoms with Gasteiger partial charge in [-0.15, -0.1) is 21.5 Å². The largest absolute Gasteiger partial charge is 0.312 e. The second-order valence-electron chi connectivity index (χ2n) is 11.6. The van der Waals surface area contributed by atoms with Gasteiger partial charge in [-0.3, -0.25) is 4.79 Å². The van der Waals surface area contributed by atoms with Crippen molar-refractivity contribution in [2.75, 3.05) is 0 Å². The predicted octanol–water partition coefficient (Wildman–Crippen LogP) is 8.27. The molecule has 2 aliphatic carbocycles. The van der Waals surface area contributed by atoms with Crippen LogP contribution in [0.15, 0.2) is 67.6 Å². The molecule has 1 heterocycles. The molecule has 1 aromatic heterocycles. The summed E-state index contributed by atoms with van der Waals surface area (Å²) >= 11 is 5.19. The van der Waals surface area contributed by atoms with Crippen LogP contribution in [0.1, 0.15) is 79.7 Å². The fourth-order valence-electron chi connectivity index (χ4n) is 4.80. The zero-order valence-electron chi connectivity index (χ0n) is 21.7. The van der Waals surface area contributed by atoms with Crippen molar-refractivity contribution in [3.63, 3.8) is 0 Å². The second kappa shape index (κ2) is 10.1. The Morgan fingerprint density at radius 2 is 1.46 bits per heavy atom. The van der Waals surface area contributed by atoms with Gasteiger partial charge in [0.25, 0.3) is 0 Å². The van der Waals surface area contributed by atoms with Crippen LogP contribution in [0.2, 0.25) is 0 Å². The van der Waals surface area contributed by atoms with Gasteiger partial charge < -0.3 is 4.57 Å². The molecule has 4 rings (SSSR count). The Balaban J connectivity index is 1.84. The lowest BCUT2D eigenvalue weighted by molar-refractivity contribution is -0.114. The van der Waals surface area contributed by atoms with Crippen molar-refractivity contribution in [3.05, 3.63) is 62.2 Å². The number of hydrogen-bond donors (Lipinski definition) is 0. The summed E-state index contributed by atoms with van der Waals surface area (Å²) < 4.78 is 3.47. The lowest BCUT2D eigenvalue weighted by atomic mass is 9.72. The third-order valence-electron chi connectivity index (χ3n) is 6.76. The molecule has 4 nitrogen and oxygen atoms in total. The van der Waals surface area contributed by atoms with Crippen LogP contribution >= 0.6 is 27.3 Å². The van der Waals surface area contributed by atoms with E-state index in [-0.39, 0.29) is 16.6 Å². The molecule has 1 fully saturated rings. The third kappa shape index (κ3) is 5.86. The predicted molar refractivity (Wildman–Crippen MR) is 151 cm³/mol. The molecule has 186 valence electrons. The number of Topliss-reactive ketones (excluding diaryl/α,β-unsaturated/α-hetero) is 1. The van der Waals surface area contributed by atoms with Crippen LogP contribution < -0.4 is 4.80 Å². The first-order valence-corrected chi connectivity index (χ1v) is 14.2. The van der Waals surface area contributed by atoms with Crippen LogP contribution in [0.3, 0.4) is 0 Å². The zero-order chi connectivity index (χ0) is 25.4. The maximum Gasteiger partial charge on any atom is 0.211 e. The molecule has 1 aromatic carbocycles. The van der Waals surface area contributed by atoms with Gasteiger partial charge in [-0.05, 0) is 53.5 Å². The van der Waals surface area contributed by atoms with Gasteiger partial charge in [0.15, 0.2) is 5.78 Å². The highest BCUT2D eigenvalue weighted by molar-refractivity contribution is 9.10. The molecule has 0 unspecified atom stereocenters. The van der Waals surface area contributed by atoms with Crippen LogP contribution in [0.5, 0.6) is 0 Å². The van der Waals surface area contributed by atoms with Gasteiger partial charge in [0.1, 0.15) is 0 Å². The molecule has 0 radical (unpaired) electrons. The van der Waals surface area contributed by atoms with Crippen molar-refractivity contribution in [1.82, 2.24) is 4.57 Å².